The summed E-state index contributed by atoms with van der Waals surface area (Å²) in [7, 11) is 0. The van der Waals surface area contributed by atoms with Gasteiger partial charge in [0.1, 0.15) is 11.5 Å². The van der Waals surface area contributed by atoms with Crippen molar-refractivity contribution in [1.29, 1.82) is 0 Å². The van der Waals surface area contributed by atoms with Gasteiger partial charge in [-0.1, -0.05) is 29.3 Å². The second-order valence-corrected chi connectivity index (χ2v) is 7.12. The molecule has 1 aromatic heterocycles. The Balaban J connectivity index is 1.91. The lowest BCUT2D eigenvalue weighted by atomic mass is 9.90. The molecule has 1 atom stereocenters. The fourth-order valence-corrected chi connectivity index (χ4v) is 3.39. The summed E-state index contributed by atoms with van der Waals surface area (Å²) in [6.07, 6.45) is 0.393. The van der Waals surface area contributed by atoms with Gasteiger partial charge in [-0.3, -0.25) is 9.59 Å². The fraction of sp³-hybridized carbons (Fsp3) is 0.375. The van der Waals surface area contributed by atoms with Crippen molar-refractivity contribution >= 4 is 35.1 Å². The topological polar surface area (TPSA) is 88.3 Å². The number of benzene rings is 1. The zero-order valence-electron chi connectivity index (χ0n) is 13.7. The number of carbonyl (C=O) groups is 2. The summed E-state index contributed by atoms with van der Waals surface area (Å²) >= 11 is 12.4. The second-order valence-electron chi connectivity index (χ2n) is 6.31. The van der Waals surface area contributed by atoms with E-state index in [1.807, 2.05) is 0 Å². The van der Waals surface area contributed by atoms with Crippen LogP contribution in [0.1, 0.15) is 29.8 Å². The van der Waals surface area contributed by atoms with Gasteiger partial charge in [0, 0.05) is 13.1 Å². The third-order valence-corrected chi connectivity index (χ3v) is 5.00. The molecule has 7 nitrogen and oxygen atoms in total. The number of aliphatic carboxylic acids is 1. The molecule has 2 heterocycles. The van der Waals surface area contributed by atoms with E-state index in [0.717, 1.165) is 0 Å². The van der Waals surface area contributed by atoms with E-state index in [2.05, 4.69) is 10.1 Å². The summed E-state index contributed by atoms with van der Waals surface area (Å²) in [5.74, 6) is -0.878. The smallest absolute Gasteiger partial charge is 0.311 e. The van der Waals surface area contributed by atoms with Crippen molar-refractivity contribution in [2.75, 3.05) is 13.1 Å². The minimum absolute atomic E-state index is 0.0110. The highest BCUT2D eigenvalue weighted by molar-refractivity contribution is 6.37. The number of hydrogen-bond donors (Lipinski definition) is 1. The van der Waals surface area contributed by atoms with Crippen LogP contribution in [0.5, 0.6) is 0 Å². The van der Waals surface area contributed by atoms with Crippen molar-refractivity contribution < 1.29 is 14.7 Å². The van der Waals surface area contributed by atoms with E-state index in [0.29, 0.717) is 34.5 Å². The standard InChI is InChI=1S/C16H16Cl2N4O3/c1-9-19-13(14(23)21-7-6-16(2,8-21)15(24)25)20-22(9)12-10(17)4-3-5-11(12)18/h3-5H,6-8H2,1-2H3,(H,24,25). The minimum Gasteiger partial charge on any atom is -0.481 e. The monoisotopic (exact) mass is 382 g/mol. The Hall–Kier alpha value is -2.12. The summed E-state index contributed by atoms with van der Waals surface area (Å²) in [5.41, 5.74) is -0.494. The quantitative estimate of drug-likeness (QED) is 0.881. The molecule has 1 aliphatic heterocycles. The SMILES string of the molecule is Cc1nc(C(=O)N2CCC(C)(C(=O)O)C2)nn1-c1c(Cl)cccc1Cl. The molecule has 1 saturated heterocycles. The Morgan fingerprint density at radius 2 is 1.92 bits per heavy atom. The van der Waals surface area contributed by atoms with Crippen LogP contribution < -0.4 is 0 Å². The molecule has 2 aromatic rings. The normalized spacial score (nSPS) is 20.1. The van der Waals surface area contributed by atoms with Crippen molar-refractivity contribution in [3.63, 3.8) is 0 Å². The number of nitrogens with zero attached hydrogens (tertiary/aromatic N) is 4. The predicted molar refractivity (Wildman–Crippen MR) is 92.4 cm³/mol. The summed E-state index contributed by atoms with van der Waals surface area (Å²) in [6, 6.07) is 5.05. The minimum atomic E-state index is -0.945. The van der Waals surface area contributed by atoms with Crippen LogP contribution in [0.2, 0.25) is 10.0 Å². The van der Waals surface area contributed by atoms with E-state index < -0.39 is 17.3 Å². The van der Waals surface area contributed by atoms with Crippen LogP contribution in [-0.4, -0.2) is 49.7 Å². The highest BCUT2D eigenvalue weighted by atomic mass is 35.5. The molecule has 132 valence electrons. The number of rotatable bonds is 3. The number of aryl methyl sites for hydroxylation is 1. The van der Waals surface area contributed by atoms with E-state index >= 15 is 0 Å². The first kappa shape index (κ1) is 17.7. The van der Waals surface area contributed by atoms with Crippen LogP contribution in [-0.2, 0) is 4.79 Å². The fourth-order valence-electron chi connectivity index (χ4n) is 2.83. The number of likely N-dealkylation sites (tertiary alicyclic amines) is 1. The number of carbonyl (C=O) groups excluding carboxylic acids is 1. The second kappa shape index (κ2) is 6.31. The van der Waals surface area contributed by atoms with E-state index in [1.165, 1.54) is 9.58 Å². The molecule has 1 N–H and O–H groups in total. The van der Waals surface area contributed by atoms with Gasteiger partial charge in [0.2, 0.25) is 5.82 Å². The van der Waals surface area contributed by atoms with Crippen molar-refractivity contribution in [1.82, 2.24) is 19.7 Å². The molecule has 25 heavy (non-hydrogen) atoms. The summed E-state index contributed by atoms with van der Waals surface area (Å²) in [5, 5.41) is 14.3. The van der Waals surface area contributed by atoms with Crippen LogP contribution in [0.3, 0.4) is 0 Å². The Morgan fingerprint density at radius 1 is 1.28 bits per heavy atom. The highest BCUT2D eigenvalue weighted by Crippen LogP contribution is 2.31. The van der Waals surface area contributed by atoms with Gasteiger partial charge >= 0.3 is 5.97 Å². The van der Waals surface area contributed by atoms with E-state index in [1.54, 1.807) is 32.0 Å². The molecule has 1 aromatic carbocycles. The Kier molecular flexibility index (Phi) is 4.47. The summed E-state index contributed by atoms with van der Waals surface area (Å²) in [6.45, 7) is 3.79. The molecule has 0 radical (unpaired) electrons. The third kappa shape index (κ3) is 3.09. The molecule has 9 heteroatoms. The maximum Gasteiger partial charge on any atom is 0.311 e. The van der Waals surface area contributed by atoms with Crippen molar-refractivity contribution in [2.24, 2.45) is 5.41 Å². The van der Waals surface area contributed by atoms with E-state index in [-0.39, 0.29) is 12.4 Å². The lowest BCUT2D eigenvalue weighted by Gasteiger charge is -2.19. The molecule has 1 fully saturated rings. The number of hydrogen-bond acceptors (Lipinski definition) is 4. The Bertz CT molecular complexity index is 847. The maximum absolute atomic E-state index is 12.7. The Labute approximate surface area is 154 Å². The largest absolute Gasteiger partial charge is 0.481 e. The number of amides is 1. The van der Waals surface area contributed by atoms with Gasteiger partial charge in [-0.2, -0.15) is 0 Å². The summed E-state index contributed by atoms with van der Waals surface area (Å²) in [4.78, 5) is 29.7. The third-order valence-electron chi connectivity index (χ3n) is 4.39. The van der Waals surface area contributed by atoms with Crippen LogP contribution in [0.15, 0.2) is 18.2 Å². The van der Waals surface area contributed by atoms with Crippen molar-refractivity contribution in [2.45, 2.75) is 20.3 Å². The van der Waals surface area contributed by atoms with Crippen molar-refractivity contribution in [3.05, 3.63) is 39.9 Å². The first-order valence-electron chi connectivity index (χ1n) is 7.64. The maximum atomic E-state index is 12.7. The molecule has 0 spiro atoms. The number of aromatic nitrogens is 3. The number of halogens is 2. The predicted octanol–water partition coefficient (Wildman–Crippen LogP) is 2.82. The molecule has 1 unspecified atom stereocenters. The molecular weight excluding hydrogens is 367 g/mol. The first-order chi connectivity index (χ1) is 11.7. The zero-order valence-corrected chi connectivity index (χ0v) is 15.2. The molecule has 3 rings (SSSR count). The lowest BCUT2D eigenvalue weighted by molar-refractivity contribution is -0.147. The van der Waals surface area contributed by atoms with Gasteiger partial charge in [0.05, 0.1) is 15.5 Å². The Morgan fingerprint density at radius 3 is 2.48 bits per heavy atom. The van der Waals surface area contributed by atoms with Crippen LogP contribution >= 0.6 is 23.2 Å². The van der Waals surface area contributed by atoms with Gasteiger partial charge in [-0.05, 0) is 32.4 Å². The number of para-hydroxylation sites is 1. The summed E-state index contributed by atoms with van der Waals surface area (Å²) < 4.78 is 1.42. The lowest BCUT2D eigenvalue weighted by Crippen LogP contribution is -2.35. The van der Waals surface area contributed by atoms with E-state index in [4.69, 9.17) is 23.2 Å². The molecule has 1 amide bonds. The van der Waals surface area contributed by atoms with Crippen molar-refractivity contribution in [3.8, 4) is 5.69 Å². The van der Waals surface area contributed by atoms with Gasteiger partial charge in [0.15, 0.2) is 0 Å². The molecule has 0 bridgehead atoms. The molecule has 0 saturated carbocycles. The van der Waals surface area contributed by atoms with Gasteiger partial charge in [0.25, 0.3) is 5.91 Å². The van der Waals surface area contributed by atoms with E-state index in [9.17, 15) is 14.7 Å². The van der Waals surface area contributed by atoms with Gasteiger partial charge < -0.3 is 10.0 Å². The van der Waals surface area contributed by atoms with Crippen LogP contribution in [0.4, 0.5) is 0 Å². The number of carboxylic acids is 1. The molecular formula is C16H16Cl2N4O3. The highest BCUT2D eigenvalue weighted by Gasteiger charge is 2.43. The number of carboxylic acid groups (broad SMARTS) is 1. The van der Waals surface area contributed by atoms with Gasteiger partial charge in [-0.25, -0.2) is 9.67 Å². The first-order valence-corrected chi connectivity index (χ1v) is 8.39. The van der Waals surface area contributed by atoms with Gasteiger partial charge in [-0.15, -0.1) is 5.10 Å². The zero-order chi connectivity index (χ0) is 18.4. The van der Waals surface area contributed by atoms with Crippen LogP contribution in [0.25, 0.3) is 5.69 Å². The van der Waals surface area contributed by atoms with Crippen LogP contribution in [0, 0.1) is 12.3 Å². The average Bonchev–Trinajstić information content (AvgIpc) is 3.12. The molecule has 1 aliphatic rings. The molecule has 0 aliphatic carbocycles. The average molecular weight is 383 g/mol.